The van der Waals surface area contributed by atoms with Crippen LogP contribution in [0.3, 0.4) is 0 Å². The third-order valence-electron chi connectivity index (χ3n) is 8.50. The highest BCUT2D eigenvalue weighted by molar-refractivity contribution is 7.81. The van der Waals surface area contributed by atoms with E-state index in [-0.39, 0.29) is 29.7 Å². The largest absolute Gasteiger partial charge is 0.472 e. The standard InChI is InChI=1S/C27H29NO5S/c1-15-8-21-22(29)10-20-19-9-17-4-3-5-18(17)25(19)28(12-16-6-7-32-13-16)33-27(20,24(31)14-34)26(21,2)11-23(15)30/h6-8,10,13,15,23,30,34H,3-5,9,11-12,14H2,1-2H3/t15-,23-,26-,27+/m0/s1. The fourth-order valence-electron chi connectivity index (χ4n) is 6.80. The number of fused-ring (bicyclic) bond motifs is 5. The third kappa shape index (κ3) is 2.77. The molecule has 4 aliphatic carbocycles. The van der Waals surface area contributed by atoms with Crippen molar-refractivity contribution in [3.8, 4) is 0 Å². The van der Waals surface area contributed by atoms with Crippen molar-refractivity contribution in [2.45, 2.75) is 64.2 Å². The molecule has 0 unspecified atom stereocenters. The van der Waals surface area contributed by atoms with Crippen LogP contribution in [0.4, 0.5) is 0 Å². The van der Waals surface area contributed by atoms with Gasteiger partial charge in [-0.25, -0.2) is 5.06 Å². The fourth-order valence-corrected chi connectivity index (χ4v) is 7.02. The van der Waals surface area contributed by atoms with Gasteiger partial charge in [-0.1, -0.05) is 25.5 Å². The number of hydrogen-bond acceptors (Lipinski definition) is 7. The van der Waals surface area contributed by atoms with Crippen LogP contribution in [0, 0.1) is 11.3 Å². The molecule has 0 aromatic carbocycles. The van der Waals surface area contributed by atoms with Crippen LogP contribution in [-0.2, 0) is 21.0 Å². The molecule has 1 aromatic rings. The van der Waals surface area contributed by atoms with Crippen molar-refractivity contribution >= 4 is 24.2 Å². The molecule has 0 saturated heterocycles. The summed E-state index contributed by atoms with van der Waals surface area (Å²) in [5.74, 6) is -0.498. The maximum atomic E-state index is 13.9. The Bertz CT molecular complexity index is 1220. The first-order chi connectivity index (χ1) is 16.3. The predicted molar refractivity (Wildman–Crippen MR) is 129 cm³/mol. The van der Waals surface area contributed by atoms with Crippen LogP contribution in [0.5, 0.6) is 0 Å². The minimum Gasteiger partial charge on any atom is -0.472 e. The molecule has 0 amide bonds. The molecule has 6 rings (SSSR count). The average Bonchev–Trinajstić information content (AvgIpc) is 3.54. The second kappa shape index (κ2) is 7.57. The maximum Gasteiger partial charge on any atom is 0.190 e. The summed E-state index contributed by atoms with van der Waals surface area (Å²) in [6.07, 6.45) is 10.2. The lowest BCUT2D eigenvalue weighted by Gasteiger charge is -2.57. The van der Waals surface area contributed by atoms with Crippen LogP contribution in [-0.4, -0.2) is 39.2 Å². The van der Waals surface area contributed by atoms with Crippen LogP contribution < -0.4 is 0 Å². The Morgan fingerprint density at radius 3 is 2.85 bits per heavy atom. The van der Waals surface area contributed by atoms with Crippen molar-refractivity contribution in [3.05, 3.63) is 69.9 Å². The van der Waals surface area contributed by atoms with Gasteiger partial charge in [-0.3, -0.25) is 14.4 Å². The number of rotatable bonds is 4. The minimum atomic E-state index is -1.43. The maximum absolute atomic E-state index is 13.9. The minimum absolute atomic E-state index is 0.0324. The number of aliphatic hydroxyl groups is 1. The molecule has 0 saturated carbocycles. The van der Waals surface area contributed by atoms with E-state index in [1.54, 1.807) is 18.6 Å². The zero-order valence-electron chi connectivity index (χ0n) is 19.5. The van der Waals surface area contributed by atoms with E-state index in [9.17, 15) is 14.7 Å². The van der Waals surface area contributed by atoms with Gasteiger partial charge in [0, 0.05) is 28.0 Å². The number of carbonyl (C=O) groups is 2. The molecule has 0 spiro atoms. The number of nitrogens with zero attached hydrogens (tertiary/aromatic N) is 1. The Labute approximate surface area is 204 Å². The third-order valence-corrected chi connectivity index (χ3v) is 8.79. The molecule has 0 bridgehead atoms. The molecule has 1 aliphatic heterocycles. The summed E-state index contributed by atoms with van der Waals surface area (Å²) in [4.78, 5) is 34.3. The van der Waals surface area contributed by atoms with E-state index < -0.39 is 17.1 Å². The summed E-state index contributed by atoms with van der Waals surface area (Å²) in [7, 11) is 0. The highest BCUT2D eigenvalue weighted by Crippen LogP contribution is 2.62. The van der Waals surface area contributed by atoms with Crippen molar-refractivity contribution in [3.63, 3.8) is 0 Å². The van der Waals surface area contributed by atoms with Gasteiger partial charge >= 0.3 is 0 Å². The second-order valence-electron chi connectivity index (χ2n) is 10.4. The Kier molecular flexibility index (Phi) is 4.93. The highest BCUT2D eigenvalue weighted by Gasteiger charge is 2.67. The van der Waals surface area contributed by atoms with Gasteiger partial charge in [0.15, 0.2) is 17.2 Å². The van der Waals surface area contributed by atoms with E-state index in [4.69, 9.17) is 9.25 Å². The molecule has 7 heteroatoms. The summed E-state index contributed by atoms with van der Waals surface area (Å²) in [6.45, 7) is 4.22. The number of hydrogen-bond donors (Lipinski definition) is 2. The SMILES string of the molecule is C[C@H]1C=C2C(=O)C=C3C4=C(C5=C(CCC5)C4)N(Cc4ccoc4)O[C@]3(C(=O)CS)[C@@]2(C)C[C@@H]1O. The topological polar surface area (TPSA) is 80.0 Å². The molecular weight excluding hydrogens is 450 g/mol. The number of thiol groups is 1. The lowest BCUT2D eigenvalue weighted by Crippen LogP contribution is -2.66. The lowest BCUT2D eigenvalue weighted by molar-refractivity contribution is -0.251. The van der Waals surface area contributed by atoms with E-state index in [0.717, 1.165) is 42.5 Å². The van der Waals surface area contributed by atoms with Crippen molar-refractivity contribution in [2.75, 3.05) is 5.75 Å². The summed E-state index contributed by atoms with van der Waals surface area (Å²) in [5, 5.41) is 12.8. The van der Waals surface area contributed by atoms with Gasteiger partial charge in [-0.15, -0.1) is 0 Å². The molecule has 2 heterocycles. The molecular formula is C27H29NO5S. The molecule has 0 fully saturated rings. The van der Waals surface area contributed by atoms with Gasteiger partial charge < -0.3 is 9.52 Å². The average molecular weight is 480 g/mol. The zero-order valence-corrected chi connectivity index (χ0v) is 20.4. The van der Waals surface area contributed by atoms with Crippen molar-refractivity contribution < 1.29 is 24.0 Å². The van der Waals surface area contributed by atoms with E-state index in [1.807, 2.05) is 31.1 Å². The molecule has 6 nitrogen and oxygen atoms in total. The number of ketones is 2. The van der Waals surface area contributed by atoms with Gasteiger partial charge in [-0.2, -0.15) is 12.6 Å². The Morgan fingerprint density at radius 2 is 2.12 bits per heavy atom. The van der Waals surface area contributed by atoms with E-state index in [1.165, 1.54) is 11.1 Å². The molecule has 5 aliphatic rings. The monoisotopic (exact) mass is 479 g/mol. The molecule has 34 heavy (non-hydrogen) atoms. The molecule has 1 N–H and O–H groups in total. The van der Waals surface area contributed by atoms with Gasteiger partial charge in [0.05, 0.1) is 36.6 Å². The van der Waals surface area contributed by atoms with Crippen molar-refractivity contribution in [1.82, 2.24) is 5.06 Å². The van der Waals surface area contributed by atoms with Crippen molar-refractivity contribution in [1.29, 1.82) is 0 Å². The number of aliphatic hydroxyl groups excluding tert-OH is 1. The van der Waals surface area contributed by atoms with Crippen LogP contribution in [0.15, 0.2) is 68.7 Å². The smallest absolute Gasteiger partial charge is 0.190 e. The summed E-state index contributed by atoms with van der Waals surface area (Å²) >= 11 is 4.39. The Morgan fingerprint density at radius 1 is 1.29 bits per heavy atom. The summed E-state index contributed by atoms with van der Waals surface area (Å²) in [5.41, 5.74) is 4.36. The normalized spacial score (nSPS) is 34.5. The number of allylic oxidation sites excluding steroid dienone is 3. The second-order valence-corrected chi connectivity index (χ2v) is 10.7. The Hall–Kier alpha value is -2.35. The summed E-state index contributed by atoms with van der Waals surface area (Å²) in [6, 6.07) is 1.89. The van der Waals surface area contributed by atoms with Crippen LogP contribution in [0.2, 0.25) is 0 Å². The van der Waals surface area contributed by atoms with E-state index in [2.05, 4.69) is 12.6 Å². The highest BCUT2D eigenvalue weighted by atomic mass is 32.1. The summed E-state index contributed by atoms with van der Waals surface area (Å²) < 4.78 is 5.31. The van der Waals surface area contributed by atoms with Gasteiger partial charge in [0.1, 0.15) is 0 Å². The van der Waals surface area contributed by atoms with Gasteiger partial charge in [0.2, 0.25) is 0 Å². The van der Waals surface area contributed by atoms with Crippen molar-refractivity contribution in [2.24, 2.45) is 11.3 Å². The zero-order chi connectivity index (χ0) is 23.8. The fraction of sp³-hybridized carbons (Fsp3) is 0.481. The van der Waals surface area contributed by atoms with E-state index >= 15 is 0 Å². The van der Waals surface area contributed by atoms with Gasteiger partial charge in [-0.05, 0) is 55.4 Å². The van der Waals surface area contributed by atoms with Crippen LogP contribution >= 0.6 is 12.6 Å². The predicted octanol–water partition coefficient (Wildman–Crippen LogP) is 4.25. The first-order valence-electron chi connectivity index (χ1n) is 12.0. The molecule has 178 valence electrons. The van der Waals surface area contributed by atoms with Crippen LogP contribution in [0.25, 0.3) is 0 Å². The number of hydroxylamine groups is 2. The van der Waals surface area contributed by atoms with Crippen LogP contribution in [0.1, 0.15) is 51.5 Å². The quantitative estimate of drug-likeness (QED) is 0.629. The first kappa shape index (κ1) is 22.1. The lowest BCUT2D eigenvalue weighted by atomic mass is 9.53. The van der Waals surface area contributed by atoms with Gasteiger partial charge in [0.25, 0.3) is 0 Å². The number of carbonyl (C=O) groups excluding carboxylic acids is 2. The first-order valence-corrected chi connectivity index (χ1v) is 12.7. The molecule has 1 aromatic heterocycles. The molecule has 0 radical (unpaired) electrons. The number of furan rings is 1. The molecule has 4 atom stereocenters. The van der Waals surface area contributed by atoms with E-state index in [0.29, 0.717) is 17.7 Å². The Balaban J connectivity index is 1.60. The number of Topliss-reactive ketones (excluding diaryl/α,β-unsaturated/α-hetero) is 1.